The normalized spacial score (nSPS) is 11.5. The molecule has 0 atom stereocenters. The van der Waals surface area contributed by atoms with Gasteiger partial charge in [0.15, 0.2) is 17.5 Å². The molecule has 0 amide bonds. The lowest BCUT2D eigenvalue weighted by Gasteiger charge is -2.12. The predicted molar refractivity (Wildman–Crippen MR) is 254 cm³/mol. The summed E-state index contributed by atoms with van der Waals surface area (Å²) >= 11 is 0. The van der Waals surface area contributed by atoms with E-state index in [1.807, 2.05) is 42.5 Å². The first-order valence-electron chi connectivity index (χ1n) is 20.8. The van der Waals surface area contributed by atoms with Crippen LogP contribution in [-0.2, 0) is 0 Å². The molecule has 0 radical (unpaired) electrons. The third-order valence-electron chi connectivity index (χ3n) is 11.8. The van der Waals surface area contributed by atoms with Crippen molar-refractivity contribution in [3.63, 3.8) is 0 Å². The zero-order valence-electron chi connectivity index (χ0n) is 33.5. The highest BCUT2D eigenvalue weighted by Crippen LogP contribution is 2.39. The summed E-state index contributed by atoms with van der Waals surface area (Å²) in [7, 11) is 0. The molecule has 3 heterocycles. The molecular weight excluding hydrogens is 757 g/mol. The monoisotopic (exact) mass is 792 g/mol. The lowest BCUT2D eigenvalue weighted by atomic mass is 9.96. The molecule has 0 aliphatic carbocycles. The molecule has 3 aromatic heterocycles. The molecule has 9 aromatic carbocycles. The molecule has 12 aromatic rings. The number of fused-ring (bicyclic) bond motifs is 6. The van der Waals surface area contributed by atoms with Crippen molar-refractivity contribution in [2.75, 3.05) is 0 Å². The van der Waals surface area contributed by atoms with Gasteiger partial charge in [-0.25, -0.2) is 15.0 Å². The van der Waals surface area contributed by atoms with Crippen molar-refractivity contribution >= 4 is 43.7 Å². The van der Waals surface area contributed by atoms with Gasteiger partial charge in [-0.2, -0.15) is 0 Å². The highest BCUT2D eigenvalue weighted by Gasteiger charge is 2.18. The van der Waals surface area contributed by atoms with E-state index in [2.05, 4.69) is 180 Å². The van der Waals surface area contributed by atoms with Gasteiger partial charge in [-0.1, -0.05) is 152 Å². The molecule has 290 valence electrons. The van der Waals surface area contributed by atoms with Gasteiger partial charge in [-0.3, -0.25) is 0 Å². The number of benzene rings is 9. The minimum Gasteiger partial charge on any atom is -0.456 e. The number of rotatable bonds is 7. The van der Waals surface area contributed by atoms with E-state index in [0.717, 1.165) is 77.7 Å². The maximum absolute atomic E-state index is 6.69. The van der Waals surface area contributed by atoms with Crippen LogP contribution < -0.4 is 0 Å². The summed E-state index contributed by atoms with van der Waals surface area (Å²) in [5.74, 6) is 1.78. The number of furan rings is 1. The molecule has 0 fully saturated rings. The van der Waals surface area contributed by atoms with E-state index in [1.165, 1.54) is 21.8 Å². The summed E-state index contributed by atoms with van der Waals surface area (Å²) < 4.78 is 9.04. The minimum atomic E-state index is 0.574. The van der Waals surface area contributed by atoms with Gasteiger partial charge in [0.05, 0.1) is 11.0 Å². The first-order chi connectivity index (χ1) is 30.7. The second-order valence-corrected chi connectivity index (χ2v) is 15.6. The van der Waals surface area contributed by atoms with Gasteiger partial charge in [0.2, 0.25) is 0 Å². The summed E-state index contributed by atoms with van der Waals surface area (Å²) in [4.78, 5) is 15.4. The Morgan fingerprint density at radius 1 is 0.274 bits per heavy atom. The number of aromatic nitrogens is 4. The van der Waals surface area contributed by atoms with E-state index in [4.69, 9.17) is 19.4 Å². The lowest BCUT2D eigenvalue weighted by molar-refractivity contribution is 0.669. The molecule has 5 nitrogen and oxygen atoms in total. The van der Waals surface area contributed by atoms with Crippen LogP contribution in [0.15, 0.2) is 223 Å². The van der Waals surface area contributed by atoms with Crippen LogP contribution in [0.3, 0.4) is 0 Å². The van der Waals surface area contributed by atoms with E-state index in [-0.39, 0.29) is 0 Å². The van der Waals surface area contributed by atoms with Crippen molar-refractivity contribution in [1.82, 2.24) is 19.5 Å². The number of nitrogens with zero attached hydrogens (tertiary/aromatic N) is 4. The standard InChI is InChI=1S/C57H36N4O/c1-5-15-37(16-6-1)43-31-44(38-17-7-2-8-18-38)33-45(32-43)57-59-55(39-19-9-3-10-20-39)58-56(60-57)42-27-30-50-49-29-26-41(35-53(49)62-54(50)36-42)40-25-28-48-47-23-13-14-24-51(47)61(52(48)34-40)46-21-11-4-12-22-46/h1-36H. The quantitative estimate of drug-likeness (QED) is 0.161. The third-order valence-corrected chi connectivity index (χ3v) is 11.8. The fourth-order valence-corrected chi connectivity index (χ4v) is 8.80. The Hall–Kier alpha value is -8.41. The summed E-state index contributed by atoms with van der Waals surface area (Å²) in [5, 5.41) is 4.56. The molecule has 0 bridgehead atoms. The fourth-order valence-electron chi connectivity index (χ4n) is 8.80. The Bertz CT molecular complexity index is 3560. The maximum atomic E-state index is 6.69. The minimum absolute atomic E-state index is 0.574. The van der Waals surface area contributed by atoms with Crippen molar-refractivity contribution in [3.05, 3.63) is 218 Å². The van der Waals surface area contributed by atoms with Gasteiger partial charge < -0.3 is 8.98 Å². The van der Waals surface area contributed by atoms with E-state index < -0.39 is 0 Å². The zero-order valence-corrected chi connectivity index (χ0v) is 33.5. The molecule has 0 unspecified atom stereocenters. The molecule has 0 aliphatic heterocycles. The van der Waals surface area contributed by atoms with Crippen LogP contribution in [0.4, 0.5) is 0 Å². The predicted octanol–water partition coefficient (Wildman–Crippen LogP) is 14.9. The van der Waals surface area contributed by atoms with E-state index in [0.29, 0.717) is 17.5 Å². The Labute approximate surface area is 357 Å². The van der Waals surface area contributed by atoms with E-state index in [9.17, 15) is 0 Å². The fraction of sp³-hybridized carbons (Fsp3) is 0. The highest BCUT2D eigenvalue weighted by atomic mass is 16.3. The molecule has 62 heavy (non-hydrogen) atoms. The van der Waals surface area contributed by atoms with Gasteiger partial charge >= 0.3 is 0 Å². The SMILES string of the molecule is c1ccc(-c2cc(-c3ccccc3)cc(-c3nc(-c4ccccc4)nc(-c4ccc5c(c4)oc4cc(-c6ccc7c8ccccc8n(-c8ccccc8)c7c6)ccc45)n3)c2)cc1. The summed E-state index contributed by atoms with van der Waals surface area (Å²) in [6.07, 6.45) is 0. The van der Waals surface area contributed by atoms with Crippen molar-refractivity contribution < 1.29 is 4.42 Å². The van der Waals surface area contributed by atoms with Crippen molar-refractivity contribution in [1.29, 1.82) is 0 Å². The first-order valence-corrected chi connectivity index (χ1v) is 20.8. The van der Waals surface area contributed by atoms with Crippen LogP contribution >= 0.6 is 0 Å². The maximum Gasteiger partial charge on any atom is 0.164 e. The van der Waals surface area contributed by atoms with Crippen LogP contribution in [0, 0.1) is 0 Å². The van der Waals surface area contributed by atoms with Crippen molar-refractivity contribution in [3.8, 4) is 73.2 Å². The van der Waals surface area contributed by atoms with Crippen LogP contribution in [0.1, 0.15) is 0 Å². The summed E-state index contributed by atoms with van der Waals surface area (Å²) in [6, 6.07) is 76.3. The first kappa shape index (κ1) is 35.5. The van der Waals surface area contributed by atoms with Gasteiger partial charge in [0.25, 0.3) is 0 Å². The number of hydrogen-bond donors (Lipinski definition) is 0. The van der Waals surface area contributed by atoms with Crippen LogP contribution in [0.25, 0.3) is 117 Å². The number of para-hydroxylation sites is 2. The molecule has 0 saturated carbocycles. The average molecular weight is 793 g/mol. The smallest absolute Gasteiger partial charge is 0.164 e. The molecular formula is C57H36N4O. The Kier molecular flexibility index (Phi) is 8.42. The molecule has 12 rings (SSSR count). The summed E-state index contributed by atoms with van der Waals surface area (Å²) in [6.45, 7) is 0. The third kappa shape index (κ3) is 6.23. The van der Waals surface area contributed by atoms with E-state index >= 15 is 0 Å². The molecule has 0 aliphatic rings. The van der Waals surface area contributed by atoms with Gasteiger partial charge in [-0.15, -0.1) is 0 Å². The average Bonchev–Trinajstić information content (AvgIpc) is 3.89. The molecule has 0 spiro atoms. The van der Waals surface area contributed by atoms with Crippen LogP contribution in [0.5, 0.6) is 0 Å². The largest absolute Gasteiger partial charge is 0.456 e. The lowest BCUT2D eigenvalue weighted by Crippen LogP contribution is -2.00. The van der Waals surface area contributed by atoms with Crippen LogP contribution in [0.2, 0.25) is 0 Å². The topological polar surface area (TPSA) is 56.7 Å². The van der Waals surface area contributed by atoms with Gasteiger partial charge in [0.1, 0.15) is 11.2 Å². The van der Waals surface area contributed by atoms with Gasteiger partial charge in [-0.05, 0) is 100 Å². The molecule has 5 heteroatoms. The Balaban J connectivity index is 0.973. The zero-order chi connectivity index (χ0) is 41.0. The van der Waals surface area contributed by atoms with E-state index in [1.54, 1.807) is 0 Å². The Morgan fingerprint density at radius 2 is 0.710 bits per heavy atom. The van der Waals surface area contributed by atoms with Gasteiger partial charge in [0, 0.05) is 43.9 Å². The highest BCUT2D eigenvalue weighted by molar-refractivity contribution is 6.11. The molecule has 0 saturated heterocycles. The Morgan fingerprint density at radius 3 is 1.34 bits per heavy atom. The van der Waals surface area contributed by atoms with Crippen molar-refractivity contribution in [2.45, 2.75) is 0 Å². The second-order valence-electron chi connectivity index (χ2n) is 15.6. The molecule has 0 N–H and O–H groups in total. The van der Waals surface area contributed by atoms with Crippen molar-refractivity contribution in [2.24, 2.45) is 0 Å². The number of hydrogen-bond acceptors (Lipinski definition) is 4. The van der Waals surface area contributed by atoms with Crippen LogP contribution in [-0.4, -0.2) is 19.5 Å². The second kappa shape index (κ2) is 14.7. The summed E-state index contributed by atoms with van der Waals surface area (Å²) in [5.41, 5.74) is 14.4.